The Hall–Kier alpha value is -2.14. The van der Waals surface area contributed by atoms with E-state index in [9.17, 15) is 9.90 Å². The predicted molar refractivity (Wildman–Crippen MR) is 115 cm³/mol. The smallest absolute Gasteiger partial charge is 0.272 e. The zero-order chi connectivity index (χ0) is 20.4. The summed E-state index contributed by atoms with van der Waals surface area (Å²) in [6.07, 6.45) is 1.61. The predicted octanol–water partition coefficient (Wildman–Crippen LogP) is 5.51. The fourth-order valence-electron chi connectivity index (χ4n) is 2.75. The zero-order valence-corrected chi connectivity index (χ0v) is 18.3. The van der Waals surface area contributed by atoms with Crippen LogP contribution in [0.2, 0.25) is 0 Å². The first-order valence-corrected chi connectivity index (χ1v) is 9.66. The van der Waals surface area contributed by atoms with Gasteiger partial charge in [0.05, 0.1) is 11.8 Å². The van der Waals surface area contributed by atoms with Crippen molar-refractivity contribution in [3.63, 3.8) is 0 Å². The molecule has 2 aromatic carbocycles. The summed E-state index contributed by atoms with van der Waals surface area (Å²) in [4.78, 5) is 12.3. The molecule has 0 radical (unpaired) electrons. The highest BCUT2D eigenvalue weighted by molar-refractivity contribution is 9.10. The number of aromatic hydroxyl groups is 1. The standard InChI is InChI=1S/C22H27BrN2O2/c1-21(2,3)16-11-14(12-17(19(16)26)22(4,5)6)13-24-25-20(27)15-9-7-8-10-18(15)23/h7-13,26H,1-6H3,(H,25,27)/b24-13-. The summed E-state index contributed by atoms with van der Waals surface area (Å²) in [5, 5.41) is 14.9. The first-order chi connectivity index (χ1) is 12.4. The van der Waals surface area contributed by atoms with Crippen LogP contribution in [0, 0.1) is 0 Å². The molecule has 1 amide bonds. The first kappa shape index (κ1) is 21.2. The Kier molecular flexibility index (Phi) is 6.15. The monoisotopic (exact) mass is 430 g/mol. The Balaban J connectivity index is 2.34. The molecular formula is C22H27BrN2O2. The molecule has 5 heteroatoms. The summed E-state index contributed by atoms with van der Waals surface area (Å²) >= 11 is 3.36. The van der Waals surface area contributed by atoms with Crippen molar-refractivity contribution in [1.29, 1.82) is 0 Å². The largest absolute Gasteiger partial charge is 0.507 e. The van der Waals surface area contributed by atoms with Crippen molar-refractivity contribution in [2.45, 2.75) is 52.4 Å². The topological polar surface area (TPSA) is 61.7 Å². The van der Waals surface area contributed by atoms with Crippen LogP contribution in [0.1, 0.15) is 68.6 Å². The molecule has 0 aliphatic carbocycles. The molecule has 2 rings (SSSR count). The van der Waals surface area contributed by atoms with E-state index < -0.39 is 0 Å². The fourth-order valence-corrected chi connectivity index (χ4v) is 3.21. The number of halogens is 1. The number of carbonyl (C=O) groups excluding carboxylic acids is 1. The highest BCUT2D eigenvalue weighted by Crippen LogP contribution is 2.39. The second-order valence-electron chi connectivity index (χ2n) is 8.64. The Morgan fingerprint density at radius 3 is 2.04 bits per heavy atom. The van der Waals surface area contributed by atoms with Gasteiger partial charge in [-0.1, -0.05) is 53.7 Å². The fraction of sp³-hybridized carbons (Fsp3) is 0.364. The molecule has 0 atom stereocenters. The van der Waals surface area contributed by atoms with E-state index in [-0.39, 0.29) is 16.7 Å². The summed E-state index contributed by atoms with van der Waals surface area (Å²) < 4.78 is 0.715. The Labute approximate surface area is 169 Å². The van der Waals surface area contributed by atoms with E-state index in [1.807, 2.05) is 24.3 Å². The molecule has 0 aliphatic heterocycles. The SMILES string of the molecule is CC(C)(C)c1cc(/C=N\NC(=O)c2ccccc2Br)cc(C(C)(C)C)c1O. The van der Waals surface area contributed by atoms with Crippen molar-refractivity contribution < 1.29 is 9.90 Å². The van der Waals surface area contributed by atoms with E-state index in [2.05, 4.69) is 68.0 Å². The van der Waals surface area contributed by atoms with Crippen LogP contribution in [0.15, 0.2) is 46.0 Å². The molecule has 27 heavy (non-hydrogen) atoms. The Morgan fingerprint density at radius 1 is 1.04 bits per heavy atom. The van der Waals surface area contributed by atoms with Gasteiger partial charge >= 0.3 is 0 Å². The van der Waals surface area contributed by atoms with Crippen molar-refractivity contribution in [2.75, 3.05) is 0 Å². The lowest BCUT2D eigenvalue weighted by Gasteiger charge is -2.27. The lowest BCUT2D eigenvalue weighted by molar-refractivity contribution is 0.0954. The quantitative estimate of drug-likeness (QED) is 0.497. The molecule has 0 fully saturated rings. The van der Waals surface area contributed by atoms with Crippen LogP contribution in [0.5, 0.6) is 5.75 Å². The van der Waals surface area contributed by atoms with Gasteiger partial charge in [-0.2, -0.15) is 5.10 Å². The van der Waals surface area contributed by atoms with Gasteiger partial charge in [-0.15, -0.1) is 0 Å². The van der Waals surface area contributed by atoms with Crippen LogP contribution in [-0.2, 0) is 10.8 Å². The average Bonchev–Trinajstić information content (AvgIpc) is 2.54. The number of phenolic OH excluding ortho intramolecular Hbond substituents is 1. The lowest BCUT2D eigenvalue weighted by atomic mass is 9.78. The molecule has 0 aliphatic rings. The van der Waals surface area contributed by atoms with Crippen molar-refractivity contribution in [1.82, 2.24) is 5.43 Å². The van der Waals surface area contributed by atoms with Crippen molar-refractivity contribution in [3.8, 4) is 5.75 Å². The number of nitrogens with zero attached hydrogens (tertiary/aromatic N) is 1. The number of amides is 1. The molecule has 4 nitrogen and oxygen atoms in total. The van der Waals surface area contributed by atoms with E-state index in [0.29, 0.717) is 15.8 Å². The molecule has 0 bridgehead atoms. The van der Waals surface area contributed by atoms with Gasteiger partial charge in [0.2, 0.25) is 0 Å². The normalized spacial score (nSPS) is 12.4. The molecule has 2 aromatic rings. The van der Waals surface area contributed by atoms with E-state index in [1.54, 1.807) is 18.3 Å². The van der Waals surface area contributed by atoms with Gasteiger partial charge in [0.1, 0.15) is 5.75 Å². The molecule has 0 unspecified atom stereocenters. The van der Waals surface area contributed by atoms with Crippen molar-refractivity contribution in [3.05, 3.63) is 63.1 Å². The summed E-state index contributed by atoms with van der Waals surface area (Å²) in [5.41, 5.74) is 5.18. The number of rotatable bonds is 3. The van der Waals surface area contributed by atoms with Crippen molar-refractivity contribution >= 4 is 28.1 Å². The maximum absolute atomic E-state index is 12.3. The molecular weight excluding hydrogens is 404 g/mol. The molecule has 0 heterocycles. The molecule has 0 saturated heterocycles. The number of phenols is 1. The van der Waals surface area contributed by atoms with Gasteiger partial charge in [0, 0.05) is 15.6 Å². The van der Waals surface area contributed by atoms with Gasteiger partial charge in [-0.05, 0) is 56.6 Å². The maximum Gasteiger partial charge on any atom is 0.272 e. The summed E-state index contributed by atoms with van der Waals surface area (Å²) in [6.45, 7) is 12.4. The third-order valence-electron chi connectivity index (χ3n) is 4.25. The number of hydrazone groups is 1. The molecule has 2 N–H and O–H groups in total. The van der Waals surface area contributed by atoms with Crippen LogP contribution in [0.25, 0.3) is 0 Å². The molecule has 0 spiro atoms. The van der Waals surface area contributed by atoms with Crippen molar-refractivity contribution in [2.24, 2.45) is 5.10 Å². The van der Waals surface area contributed by atoms with Crippen LogP contribution in [0.3, 0.4) is 0 Å². The minimum Gasteiger partial charge on any atom is -0.507 e. The minimum atomic E-state index is -0.287. The number of nitrogens with one attached hydrogen (secondary N) is 1. The Morgan fingerprint density at radius 2 is 1.56 bits per heavy atom. The summed E-state index contributed by atoms with van der Waals surface area (Å²) in [5.74, 6) is 0.0361. The number of hydrogen-bond donors (Lipinski definition) is 2. The van der Waals surface area contributed by atoms with Gasteiger partial charge in [-0.3, -0.25) is 4.79 Å². The van der Waals surface area contributed by atoms with E-state index in [4.69, 9.17) is 0 Å². The molecule has 0 aromatic heterocycles. The minimum absolute atomic E-state index is 0.216. The third kappa shape index (κ3) is 5.19. The first-order valence-electron chi connectivity index (χ1n) is 8.87. The van der Waals surface area contributed by atoms with Gasteiger partial charge in [0.25, 0.3) is 5.91 Å². The molecule has 0 saturated carbocycles. The molecule has 144 valence electrons. The highest BCUT2D eigenvalue weighted by atomic mass is 79.9. The number of hydrogen-bond acceptors (Lipinski definition) is 3. The van der Waals surface area contributed by atoms with Gasteiger partial charge in [-0.25, -0.2) is 5.43 Å². The third-order valence-corrected chi connectivity index (χ3v) is 4.94. The van der Waals surface area contributed by atoms with E-state index >= 15 is 0 Å². The lowest BCUT2D eigenvalue weighted by Crippen LogP contribution is -2.19. The second kappa shape index (κ2) is 7.85. The highest BCUT2D eigenvalue weighted by Gasteiger charge is 2.26. The van der Waals surface area contributed by atoms with Gasteiger partial charge in [0.15, 0.2) is 0 Å². The van der Waals surface area contributed by atoms with Gasteiger partial charge < -0.3 is 5.11 Å². The average molecular weight is 431 g/mol. The Bertz CT molecular complexity index is 840. The van der Waals surface area contributed by atoms with E-state index in [1.165, 1.54) is 0 Å². The van der Waals surface area contributed by atoms with Crippen LogP contribution in [0.4, 0.5) is 0 Å². The maximum atomic E-state index is 12.3. The van der Waals surface area contributed by atoms with Crippen LogP contribution >= 0.6 is 15.9 Å². The number of benzene rings is 2. The second-order valence-corrected chi connectivity index (χ2v) is 9.50. The van der Waals surface area contributed by atoms with E-state index in [0.717, 1.165) is 16.7 Å². The summed E-state index contributed by atoms with van der Waals surface area (Å²) in [6, 6.07) is 11.0. The van der Waals surface area contributed by atoms with Crippen LogP contribution < -0.4 is 5.43 Å². The van der Waals surface area contributed by atoms with Crippen LogP contribution in [-0.4, -0.2) is 17.2 Å². The number of carbonyl (C=O) groups is 1. The summed E-state index contributed by atoms with van der Waals surface area (Å²) in [7, 11) is 0. The zero-order valence-electron chi connectivity index (χ0n) is 16.7.